The van der Waals surface area contributed by atoms with Crippen LogP contribution in [0.3, 0.4) is 0 Å². The molecule has 1 aromatic heterocycles. The number of nitrogens with zero attached hydrogens (tertiary/aromatic N) is 2. The number of anilines is 1. The van der Waals surface area contributed by atoms with Gasteiger partial charge in [-0.3, -0.25) is 9.59 Å². The van der Waals surface area contributed by atoms with Crippen LogP contribution in [0.15, 0.2) is 79.0 Å². The van der Waals surface area contributed by atoms with E-state index in [4.69, 9.17) is 0 Å². The third-order valence-electron chi connectivity index (χ3n) is 5.75. The first-order chi connectivity index (χ1) is 16.5. The number of aromatic nitrogens is 2. The molecule has 0 spiro atoms. The summed E-state index contributed by atoms with van der Waals surface area (Å²) in [5, 5.41) is 10.2. The Balaban J connectivity index is 1.43. The quantitative estimate of drug-likeness (QED) is 0.460. The van der Waals surface area contributed by atoms with Gasteiger partial charge in [0.25, 0.3) is 0 Å². The molecule has 2 amide bonds. The Morgan fingerprint density at radius 3 is 2.53 bits per heavy atom. The molecule has 0 aliphatic carbocycles. The van der Waals surface area contributed by atoms with E-state index in [1.807, 2.05) is 36.5 Å². The maximum absolute atomic E-state index is 13.6. The average molecular weight is 458 g/mol. The lowest BCUT2D eigenvalue weighted by Crippen LogP contribution is -2.34. The zero-order valence-corrected chi connectivity index (χ0v) is 18.0. The predicted octanol–water partition coefficient (Wildman–Crippen LogP) is 4.56. The van der Waals surface area contributed by atoms with E-state index in [2.05, 4.69) is 15.7 Å². The highest BCUT2D eigenvalue weighted by molar-refractivity contribution is 6.01. The summed E-state index contributed by atoms with van der Waals surface area (Å²) in [6.45, 7) is 0.146. The van der Waals surface area contributed by atoms with Gasteiger partial charge in [-0.1, -0.05) is 24.3 Å². The fourth-order valence-electron chi connectivity index (χ4n) is 4.08. The summed E-state index contributed by atoms with van der Waals surface area (Å²) in [5.74, 6) is -2.27. The molecule has 0 bridgehead atoms. The Labute approximate surface area is 194 Å². The molecule has 170 valence electrons. The molecule has 0 radical (unpaired) electrons. The monoisotopic (exact) mass is 458 g/mol. The van der Waals surface area contributed by atoms with Crippen LogP contribution in [0.25, 0.3) is 16.9 Å². The van der Waals surface area contributed by atoms with Crippen molar-refractivity contribution in [2.45, 2.75) is 18.9 Å². The first-order valence-electron chi connectivity index (χ1n) is 10.7. The van der Waals surface area contributed by atoms with Gasteiger partial charge in [0, 0.05) is 36.0 Å². The Morgan fingerprint density at radius 1 is 1.03 bits per heavy atom. The molecule has 0 fully saturated rings. The predicted molar refractivity (Wildman–Crippen MR) is 123 cm³/mol. The van der Waals surface area contributed by atoms with E-state index in [9.17, 15) is 18.4 Å². The molecular formula is C26H20F2N4O2. The van der Waals surface area contributed by atoms with E-state index in [-0.39, 0.29) is 30.6 Å². The minimum atomic E-state index is -0.734. The van der Waals surface area contributed by atoms with Gasteiger partial charge in [-0.25, -0.2) is 13.5 Å². The summed E-state index contributed by atoms with van der Waals surface area (Å²) >= 11 is 0. The van der Waals surface area contributed by atoms with E-state index in [1.54, 1.807) is 16.8 Å². The van der Waals surface area contributed by atoms with Crippen LogP contribution in [-0.2, 0) is 16.1 Å². The maximum atomic E-state index is 13.6. The number of carbonyl (C=O) groups is 2. The first-order valence-corrected chi connectivity index (χ1v) is 10.7. The molecule has 34 heavy (non-hydrogen) atoms. The second kappa shape index (κ2) is 8.90. The van der Waals surface area contributed by atoms with Gasteiger partial charge in [-0.2, -0.15) is 5.10 Å². The van der Waals surface area contributed by atoms with Gasteiger partial charge in [0.05, 0.1) is 17.3 Å². The molecule has 1 unspecified atom stereocenters. The molecule has 1 aliphatic rings. The van der Waals surface area contributed by atoms with E-state index in [0.717, 1.165) is 11.3 Å². The van der Waals surface area contributed by atoms with Gasteiger partial charge >= 0.3 is 0 Å². The van der Waals surface area contributed by atoms with Gasteiger partial charge < -0.3 is 10.6 Å². The smallest absolute Gasteiger partial charge is 0.228 e. The van der Waals surface area contributed by atoms with Crippen molar-refractivity contribution in [2.24, 2.45) is 0 Å². The van der Waals surface area contributed by atoms with Crippen LogP contribution in [-0.4, -0.2) is 21.6 Å². The molecule has 5 rings (SSSR count). The summed E-state index contributed by atoms with van der Waals surface area (Å²) in [4.78, 5) is 25.2. The third kappa shape index (κ3) is 4.30. The first kappa shape index (κ1) is 21.5. The Bertz CT molecular complexity index is 1370. The van der Waals surface area contributed by atoms with Gasteiger partial charge in [0.1, 0.15) is 11.6 Å². The van der Waals surface area contributed by atoms with Crippen LogP contribution in [0.2, 0.25) is 0 Å². The number of carbonyl (C=O) groups excluding carboxylic acids is 2. The highest BCUT2D eigenvalue weighted by Gasteiger charge is 2.31. The molecule has 1 atom stereocenters. The van der Waals surface area contributed by atoms with Crippen molar-refractivity contribution in [3.05, 3.63) is 102 Å². The number of hydrogen-bond donors (Lipinski definition) is 2. The molecular weight excluding hydrogens is 438 g/mol. The van der Waals surface area contributed by atoms with E-state index in [0.29, 0.717) is 22.5 Å². The number of rotatable bonds is 5. The summed E-state index contributed by atoms with van der Waals surface area (Å²) in [6, 6.07) is 19.5. The van der Waals surface area contributed by atoms with Gasteiger partial charge in [-0.05, 0) is 54.1 Å². The molecule has 4 aromatic rings. The van der Waals surface area contributed by atoms with Crippen molar-refractivity contribution < 1.29 is 18.4 Å². The Kier molecular flexibility index (Phi) is 5.63. The Hall–Kier alpha value is -4.33. The van der Waals surface area contributed by atoms with Crippen LogP contribution >= 0.6 is 0 Å². The number of nitrogens with one attached hydrogen (secondary N) is 2. The fourth-order valence-corrected chi connectivity index (χ4v) is 4.08. The molecule has 1 aliphatic heterocycles. The zero-order valence-electron chi connectivity index (χ0n) is 18.0. The van der Waals surface area contributed by atoms with Crippen molar-refractivity contribution in [2.75, 3.05) is 5.32 Å². The number of halogens is 2. The standard InChI is InChI=1S/C26H20F2N4O2/c27-18-8-6-16(7-9-18)25-17(15-32(31-25)20-4-2-1-3-5-20)14-29-26(34)22-13-24(33)30-23-12-19(28)10-11-21(22)23/h1-12,15,22H,13-14H2,(H,29,34)(H,30,33). The second-order valence-corrected chi connectivity index (χ2v) is 8.04. The number of benzene rings is 3. The summed E-state index contributed by atoms with van der Waals surface area (Å²) in [5.41, 5.74) is 3.75. The average Bonchev–Trinajstić information content (AvgIpc) is 3.27. The maximum Gasteiger partial charge on any atom is 0.228 e. The molecule has 8 heteroatoms. The summed E-state index contributed by atoms with van der Waals surface area (Å²) < 4.78 is 28.8. The fraction of sp³-hybridized carbons (Fsp3) is 0.115. The van der Waals surface area contributed by atoms with Crippen molar-refractivity contribution in [1.29, 1.82) is 0 Å². The highest BCUT2D eigenvalue weighted by Crippen LogP contribution is 2.33. The van der Waals surface area contributed by atoms with Crippen LogP contribution < -0.4 is 10.6 Å². The number of para-hydroxylation sites is 1. The van der Waals surface area contributed by atoms with E-state index >= 15 is 0 Å². The summed E-state index contributed by atoms with van der Waals surface area (Å²) in [7, 11) is 0. The van der Waals surface area contributed by atoms with Crippen LogP contribution in [0, 0.1) is 11.6 Å². The van der Waals surface area contributed by atoms with Crippen LogP contribution in [0.4, 0.5) is 14.5 Å². The van der Waals surface area contributed by atoms with E-state index < -0.39 is 11.7 Å². The minimum absolute atomic E-state index is 0.0292. The second-order valence-electron chi connectivity index (χ2n) is 8.04. The zero-order chi connectivity index (χ0) is 23.7. The number of fused-ring (bicyclic) bond motifs is 1. The molecule has 3 aromatic carbocycles. The molecule has 2 heterocycles. The molecule has 6 nitrogen and oxygen atoms in total. The van der Waals surface area contributed by atoms with Crippen molar-refractivity contribution in [3.63, 3.8) is 0 Å². The molecule has 0 saturated heterocycles. The molecule has 2 N–H and O–H groups in total. The topological polar surface area (TPSA) is 76.0 Å². The van der Waals surface area contributed by atoms with Crippen molar-refractivity contribution in [1.82, 2.24) is 15.1 Å². The van der Waals surface area contributed by atoms with Crippen LogP contribution in [0.1, 0.15) is 23.5 Å². The Morgan fingerprint density at radius 2 is 1.76 bits per heavy atom. The third-order valence-corrected chi connectivity index (χ3v) is 5.75. The van der Waals surface area contributed by atoms with Crippen molar-refractivity contribution in [3.8, 4) is 16.9 Å². The largest absolute Gasteiger partial charge is 0.351 e. The number of amides is 2. The van der Waals surface area contributed by atoms with Crippen molar-refractivity contribution >= 4 is 17.5 Å². The van der Waals surface area contributed by atoms with Gasteiger partial charge in [0.15, 0.2) is 0 Å². The van der Waals surface area contributed by atoms with Gasteiger partial charge in [0.2, 0.25) is 11.8 Å². The lowest BCUT2D eigenvalue weighted by Gasteiger charge is -2.24. The lowest BCUT2D eigenvalue weighted by atomic mass is 9.89. The van der Waals surface area contributed by atoms with Gasteiger partial charge in [-0.15, -0.1) is 0 Å². The SMILES string of the molecule is O=C1CC(C(=O)NCc2cn(-c3ccccc3)nc2-c2ccc(F)cc2)c2ccc(F)cc2N1. The van der Waals surface area contributed by atoms with E-state index in [1.165, 1.54) is 30.3 Å². The lowest BCUT2D eigenvalue weighted by molar-refractivity contribution is -0.126. The number of hydrogen-bond acceptors (Lipinski definition) is 3. The normalized spacial score (nSPS) is 14.9. The molecule has 0 saturated carbocycles. The summed E-state index contributed by atoms with van der Waals surface area (Å²) in [6.07, 6.45) is 1.78. The minimum Gasteiger partial charge on any atom is -0.351 e. The van der Waals surface area contributed by atoms with Crippen LogP contribution in [0.5, 0.6) is 0 Å². The highest BCUT2D eigenvalue weighted by atomic mass is 19.1.